The first kappa shape index (κ1) is 28.2. The number of amides is 1. The first-order valence-corrected chi connectivity index (χ1v) is 13.2. The van der Waals surface area contributed by atoms with E-state index in [1.54, 1.807) is 65.3 Å². The number of benzene rings is 3. The minimum absolute atomic E-state index is 0.0445. The summed E-state index contributed by atoms with van der Waals surface area (Å²) in [5.74, 6) is -0.310. The fraction of sp³-hybridized carbons (Fsp3) is 0.188. The van der Waals surface area contributed by atoms with Crippen LogP contribution in [0.4, 0.5) is 11.4 Å². The zero-order valence-corrected chi connectivity index (χ0v) is 23.9. The number of nitrogens with one attached hydrogen (secondary N) is 2. The van der Waals surface area contributed by atoms with Crippen LogP contribution in [0.5, 0.6) is 17.4 Å². The molecule has 0 saturated carbocycles. The van der Waals surface area contributed by atoms with Crippen LogP contribution in [0.25, 0.3) is 10.9 Å². The van der Waals surface area contributed by atoms with Crippen LogP contribution >= 0.6 is 0 Å². The summed E-state index contributed by atoms with van der Waals surface area (Å²) in [4.78, 5) is 33.5. The van der Waals surface area contributed by atoms with Crippen molar-refractivity contribution in [3.05, 3.63) is 94.8 Å². The number of aromatic hydroxyl groups is 2. The van der Waals surface area contributed by atoms with Gasteiger partial charge in [-0.3, -0.25) is 19.3 Å². The molecule has 0 spiro atoms. The highest BCUT2D eigenvalue weighted by Crippen LogP contribution is 2.31. The maximum Gasteiger partial charge on any atom is 0.273 e. The van der Waals surface area contributed by atoms with Crippen molar-refractivity contribution < 1.29 is 24.5 Å². The highest BCUT2D eigenvalue weighted by molar-refractivity contribution is 6.12. The van der Waals surface area contributed by atoms with Gasteiger partial charge in [0.1, 0.15) is 5.69 Å². The maximum atomic E-state index is 13.3. The van der Waals surface area contributed by atoms with Crippen LogP contribution in [0, 0.1) is 6.92 Å². The summed E-state index contributed by atoms with van der Waals surface area (Å²) < 4.78 is 6.75. The molecule has 1 amide bonds. The Hall–Kier alpha value is -5.38. The molecular formula is C32H31N5O5. The summed E-state index contributed by atoms with van der Waals surface area (Å²) in [5.41, 5.74) is 3.75. The van der Waals surface area contributed by atoms with Crippen LogP contribution in [0.3, 0.4) is 0 Å². The lowest BCUT2D eigenvalue weighted by atomic mass is 10.0. The third kappa shape index (κ3) is 5.60. The second-order valence-electron chi connectivity index (χ2n) is 10.9. The predicted molar refractivity (Wildman–Crippen MR) is 162 cm³/mol. The van der Waals surface area contributed by atoms with E-state index >= 15 is 0 Å². The van der Waals surface area contributed by atoms with E-state index in [4.69, 9.17) is 4.74 Å². The van der Waals surface area contributed by atoms with Gasteiger partial charge in [0.2, 0.25) is 0 Å². The first-order chi connectivity index (χ1) is 19.9. The second kappa shape index (κ2) is 10.9. The second-order valence-corrected chi connectivity index (χ2v) is 10.9. The quantitative estimate of drug-likeness (QED) is 0.139. The van der Waals surface area contributed by atoms with Gasteiger partial charge >= 0.3 is 0 Å². The van der Waals surface area contributed by atoms with Gasteiger partial charge in [0.25, 0.3) is 5.91 Å². The molecule has 42 heavy (non-hydrogen) atoms. The van der Waals surface area contributed by atoms with Crippen LogP contribution in [0.2, 0.25) is 0 Å². The van der Waals surface area contributed by atoms with Gasteiger partial charge in [0.15, 0.2) is 23.2 Å². The van der Waals surface area contributed by atoms with Crippen molar-refractivity contribution in [2.45, 2.75) is 33.2 Å². The number of phenolic OH excluding ortho intramolecular Hbond substituents is 1. The Morgan fingerprint density at radius 2 is 1.71 bits per heavy atom. The Bertz CT molecular complexity index is 1840. The van der Waals surface area contributed by atoms with E-state index < -0.39 is 0 Å². The number of rotatable bonds is 7. The highest BCUT2D eigenvalue weighted by atomic mass is 16.5. The number of aliphatic imine (C=N–C) groups is 1. The smallest absolute Gasteiger partial charge is 0.273 e. The summed E-state index contributed by atoms with van der Waals surface area (Å²) in [6, 6.07) is 18.2. The third-order valence-electron chi connectivity index (χ3n) is 6.69. The van der Waals surface area contributed by atoms with E-state index in [9.17, 15) is 19.8 Å². The molecule has 0 unspecified atom stereocenters. The number of phenols is 1. The minimum atomic E-state index is -0.359. The SMILES string of the molecule is COc1ccc(N=Cc2c(O)[nH]c3cc(C(=O)c4ccc(NC(=O)c5cc(C)nn5C(C)(C)C)cc4)ccc23)cc1O. The standard InChI is InChI=1S/C32H31N5O5/c1-18-14-26(37(36-18)32(2,3)4)31(41)34-21-9-6-19(7-10-21)29(39)20-8-12-23-24(30(40)35-25(23)15-20)17-33-22-11-13-28(42-5)27(38)16-22/h6-17,35,38,40H,1-5H3,(H,34,41). The summed E-state index contributed by atoms with van der Waals surface area (Å²) in [6.07, 6.45) is 1.49. The van der Waals surface area contributed by atoms with Crippen LogP contribution in [-0.2, 0) is 5.54 Å². The van der Waals surface area contributed by atoms with Crippen LogP contribution in [0.15, 0.2) is 71.7 Å². The number of ether oxygens (including phenoxy) is 1. The summed E-state index contributed by atoms with van der Waals surface area (Å²) in [7, 11) is 1.46. The number of fused-ring (bicyclic) bond motifs is 1. The van der Waals surface area contributed by atoms with Crippen molar-refractivity contribution in [2.24, 2.45) is 4.99 Å². The number of aromatic amines is 1. The predicted octanol–water partition coefficient (Wildman–Crippen LogP) is 6.08. The topological polar surface area (TPSA) is 142 Å². The lowest BCUT2D eigenvalue weighted by molar-refractivity contribution is 0.100. The Kier molecular flexibility index (Phi) is 7.30. The maximum absolute atomic E-state index is 13.3. The van der Waals surface area contributed by atoms with Crippen molar-refractivity contribution in [3.8, 4) is 17.4 Å². The minimum Gasteiger partial charge on any atom is -0.504 e. The molecule has 2 aromatic heterocycles. The number of anilines is 1. The number of carbonyl (C=O) groups is 2. The van der Waals surface area contributed by atoms with Crippen LogP contribution in [0.1, 0.15) is 58.4 Å². The van der Waals surface area contributed by atoms with Crippen molar-refractivity contribution in [1.82, 2.24) is 14.8 Å². The number of aryl methyl sites for hydroxylation is 1. The summed E-state index contributed by atoms with van der Waals surface area (Å²) in [5, 5.41) is 28.5. The lowest BCUT2D eigenvalue weighted by Crippen LogP contribution is -2.29. The summed E-state index contributed by atoms with van der Waals surface area (Å²) >= 11 is 0. The fourth-order valence-corrected chi connectivity index (χ4v) is 4.61. The largest absolute Gasteiger partial charge is 0.504 e. The van der Waals surface area contributed by atoms with Crippen LogP contribution < -0.4 is 10.1 Å². The Morgan fingerprint density at radius 3 is 2.38 bits per heavy atom. The Balaban J connectivity index is 1.32. The number of ketones is 1. The van der Waals surface area contributed by atoms with Gasteiger partial charge in [-0.25, -0.2) is 0 Å². The average molecular weight is 566 g/mol. The molecule has 10 heteroatoms. The molecular weight excluding hydrogens is 534 g/mol. The number of nitrogens with zero attached hydrogens (tertiary/aromatic N) is 3. The molecule has 3 aromatic carbocycles. The number of methoxy groups -OCH3 is 1. The molecule has 5 aromatic rings. The van der Waals surface area contributed by atoms with Crippen molar-refractivity contribution >= 4 is 40.2 Å². The van der Waals surface area contributed by atoms with Crippen molar-refractivity contribution in [2.75, 3.05) is 12.4 Å². The Labute approximate surface area is 242 Å². The van der Waals surface area contributed by atoms with Gasteiger partial charge < -0.3 is 25.3 Å². The molecule has 0 atom stereocenters. The zero-order valence-electron chi connectivity index (χ0n) is 23.9. The third-order valence-corrected chi connectivity index (χ3v) is 6.69. The molecule has 2 heterocycles. The van der Waals surface area contributed by atoms with E-state index in [-0.39, 0.29) is 28.9 Å². The van der Waals surface area contributed by atoms with Crippen molar-refractivity contribution in [3.63, 3.8) is 0 Å². The molecule has 0 fully saturated rings. The van der Waals surface area contributed by atoms with Crippen LogP contribution in [-0.4, -0.2) is 50.0 Å². The molecule has 10 nitrogen and oxygen atoms in total. The van der Waals surface area contributed by atoms with E-state index in [1.165, 1.54) is 19.4 Å². The monoisotopic (exact) mass is 565 g/mol. The van der Waals surface area contributed by atoms with E-state index in [1.807, 2.05) is 27.7 Å². The average Bonchev–Trinajstić information content (AvgIpc) is 3.50. The lowest BCUT2D eigenvalue weighted by Gasteiger charge is -2.22. The van der Waals surface area contributed by atoms with E-state index in [0.29, 0.717) is 50.4 Å². The Morgan fingerprint density at radius 1 is 1.00 bits per heavy atom. The van der Waals surface area contributed by atoms with Crippen molar-refractivity contribution in [1.29, 1.82) is 0 Å². The molecule has 0 bridgehead atoms. The molecule has 0 radical (unpaired) electrons. The molecule has 5 rings (SSSR count). The fourth-order valence-electron chi connectivity index (χ4n) is 4.61. The van der Waals surface area contributed by atoms with Gasteiger partial charge in [-0.05, 0) is 76.2 Å². The van der Waals surface area contributed by atoms with Gasteiger partial charge in [-0.15, -0.1) is 0 Å². The normalized spacial score (nSPS) is 11.7. The number of hydrogen-bond donors (Lipinski definition) is 4. The highest BCUT2D eigenvalue weighted by Gasteiger charge is 2.23. The van der Waals surface area contributed by atoms with E-state index in [2.05, 4.69) is 20.4 Å². The zero-order chi connectivity index (χ0) is 30.2. The number of H-pyrrole nitrogens is 1. The van der Waals surface area contributed by atoms with Gasteiger partial charge in [0, 0.05) is 40.0 Å². The number of carbonyl (C=O) groups excluding carboxylic acids is 2. The summed E-state index contributed by atoms with van der Waals surface area (Å²) in [6.45, 7) is 7.78. The van der Waals surface area contributed by atoms with Gasteiger partial charge in [-0.1, -0.05) is 12.1 Å². The van der Waals surface area contributed by atoms with Gasteiger partial charge in [0.05, 0.1) is 29.6 Å². The number of aromatic nitrogens is 3. The van der Waals surface area contributed by atoms with Gasteiger partial charge in [-0.2, -0.15) is 5.10 Å². The number of hydrogen-bond acceptors (Lipinski definition) is 7. The molecule has 0 aliphatic rings. The molecule has 214 valence electrons. The van der Waals surface area contributed by atoms with E-state index in [0.717, 1.165) is 5.69 Å². The first-order valence-electron chi connectivity index (χ1n) is 13.2. The molecule has 0 aliphatic heterocycles. The molecule has 4 N–H and O–H groups in total. The molecule has 0 aliphatic carbocycles. The molecule has 0 saturated heterocycles.